The fourth-order valence-electron chi connectivity index (χ4n) is 5.19. The molecule has 144 valence electrons. The van der Waals surface area contributed by atoms with Crippen LogP contribution in [-0.4, -0.2) is 41.0 Å². The van der Waals surface area contributed by atoms with Crippen LogP contribution < -0.4 is 4.90 Å². The Balaban J connectivity index is 1.55. The van der Waals surface area contributed by atoms with E-state index >= 15 is 0 Å². The van der Waals surface area contributed by atoms with Crippen molar-refractivity contribution in [2.24, 2.45) is 11.3 Å². The van der Waals surface area contributed by atoms with Gasteiger partial charge in [-0.3, -0.25) is 4.98 Å². The molecule has 4 atom stereocenters. The van der Waals surface area contributed by atoms with Crippen molar-refractivity contribution in [2.75, 3.05) is 24.6 Å². The van der Waals surface area contributed by atoms with Gasteiger partial charge in [0.15, 0.2) is 5.82 Å². The van der Waals surface area contributed by atoms with Crippen molar-refractivity contribution in [3.05, 3.63) is 71.9 Å². The van der Waals surface area contributed by atoms with Crippen molar-refractivity contribution < 1.29 is 19.0 Å². The molecule has 3 aromatic rings. The number of aliphatic hydroxyl groups excluding tert-OH is 2. The third kappa shape index (κ3) is 2.38. The zero-order valence-corrected chi connectivity index (χ0v) is 15.1. The molecule has 1 saturated heterocycles. The minimum Gasteiger partial charge on any atom is -0.396 e. The molecule has 0 amide bonds. The minimum atomic E-state index is -0.701. The maximum Gasteiger partial charge on any atom is 0.152 e. The number of halogens is 2. The molecule has 1 aliphatic heterocycles. The number of anilines is 1. The first-order valence-corrected chi connectivity index (χ1v) is 9.39. The van der Waals surface area contributed by atoms with E-state index in [9.17, 15) is 19.0 Å². The zero-order valence-electron chi connectivity index (χ0n) is 15.1. The molecule has 0 radical (unpaired) electrons. The van der Waals surface area contributed by atoms with E-state index < -0.39 is 23.2 Å². The largest absolute Gasteiger partial charge is 0.396 e. The molecule has 6 heteroatoms. The van der Waals surface area contributed by atoms with Crippen LogP contribution in [0.1, 0.15) is 11.5 Å². The smallest absolute Gasteiger partial charge is 0.152 e. The molecular weight excluding hydrogens is 362 g/mol. The number of nitrogens with zero attached hydrogens (tertiary/aromatic N) is 2. The molecule has 1 spiro atoms. The summed E-state index contributed by atoms with van der Waals surface area (Å²) in [5.41, 5.74) is 1.40. The van der Waals surface area contributed by atoms with Crippen LogP contribution in [0.2, 0.25) is 0 Å². The molecule has 1 saturated carbocycles. The van der Waals surface area contributed by atoms with Crippen LogP contribution in [0.25, 0.3) is 10.9 Å². The van der Waals surface area contributed by atoms with Gasteiger partial charge in [0.05, 0.1) is 6.10 Å². The standard InChI is InChI=1S/C22H20F2N2O2/c23-14-8-15-18(6-7-25-21(15)17(24)9-14)26-10-19(28)22(12-26)16(11-27)20(22)13-4-2-1-3-5-13/h1-9,16,19-20,27-28H,10-12H2/t16-,19+,20-,22-/m1/s1. The number of hydrogen-bond acceptors (Lipinski definition) is 4. The lowest BCUT2D eigenvalue weighted by Gasteiger charge is -2.20. The third-order valence-electron chi connectivity index (χ3n) is 6.48. The topological polar surface area (TPSA) is 56.6 Å². The summed E-state index contributed by atoms with van der Waals surface area (Å²) in [5.74, 6) is -1.35. The first kappa shape index (κ1) is 17.5. The van der Waals surface area contributed by atoms with Crippen molar-refractivity contribution in [3.63, 3.8) is 0 Å². The fourth-order valence-corrected chi connectivity index (χ4v) is 5.19. The minimum absolute atomic E-state index is 0.00912. The average Bonchev–Trinajstić information content (AvgIpc) is 3.23. The van der Waals surface area contributed by atoms with Crippen molar-refractivity contribution in [2.45, 2.75) is 12.0 Å². The van der Waals surface area contributed by atoms with Crippen LogP contribution in [0, 0.1) is 23.0 Å². The first-order chi connectivity index (χ1) is 13.6. The Morgan fingerprint density at radius 2 is 1.93 bits per heavy atom. The number of benzene rings is 2. The molecule has 5 rings (SSSR count). The Labute approximate surface area is 161 Å². The number of pyridine rings is 1. The summed E-state index contributed by atoms with van der Waals surface area (Å²) >= 11 is 0. The highest BCUT2D eigenvalue weighted by molar-refractivity contribution is 5.92. The van der Waals surface area contributed by atoms with Gasteiger partial charge in [0, 0.05) is 48.4 Å². The fraction of sp³-hybridized carbons (Fsp3) is 0.318. The number of fused-ring (bicyclic) bond motifs is 1. The summed E-state index contributed by atoms with van der Waals surface area (Å²) in [5, 5.41) is 21.3. The van der Waals surface area contributed by atoms with Gasteiger partial charge in [-0.15, -0.1) is 0 Å². The van der Waals surface area contributed by atoms with Crippen molar-refractivity contribution in [1.82, 2.24) is 4.98 Å². The summed E-state index contributed by atoms with van der Waals surface area (Å²) in [6, 6.07) is 13.7. The van der Waals surface area contributed by atoms with Gasteiger partial charge >= 0.3 is 0 Å². The van der Waals surface area contributed by atoms with Crippen molar-refractivity contribution in [1.29, 1.82) is 0 Å². The second-order valence-electron chi connectivity index (χ2n) is 7.80. The van der Waals surface area contributed by atoms with Crippen LogP contribution in [0.15, 0.2) is 54.7 Å². The van der Waals surface area contributed by atoms with E-state index in [0.717, 1.165) is 11.6 Å². The molecule has 4 nitrogen and oxygen atoms in total. The van der Waals surface area contributed by atoms with Crippen LogP contribution in [0.5, 0.6) is 0 Å². The highest BCUT2D eigenvalue weighted by Crippen LogP contribution is 2.69. The monoisotopic (exact) mass is 382 g/mol. The first-order valence-electron chi connectivity index (χ1n) is 9.39. The lowest BCUT2D eigenvalue weighted by molar-refractivity contribution is 0.113. The molecule has 28 heavy (non-hydrogen) atoms. The van der Waals surface area contributed by atoms with Gasteiger partial charge in [0.1, 0.15) is 11.3 Å². The summed E-state index contributed by atoms with van der Waals surface area (Å²) in [6.07, 6.45) is 0.859. The van der Waals surface area contributed by atoms with E-state index in [4.69, 9.17) is 0 Å². The van der Waals surface area contributed by atoms with Gasteiger partial charge in [-0.2, -0.15) is 0 Å². The SMILES string of the molecule is OC[C@@H]1[C@@H](c2ccccc2)[C@]12CN(c1ccnc3c(F)cc(F)cc13)C[C@@H]2O. The summed E-state index contributed by atoms with van der Waals surface area (Å²) in [7, 11) is 0. The van der Waals surface area contributed by atoms with Gasteiger partial charge in [0.25, 0.3) is 0 Å². The summed E-state index contributed by atoms with van der Waals surface area (Å²) in [4.78, 5) is 6.01. The number of hydrogen-bond donors (Lipinski definition) is 2. The normalized spacial score (nSPS) is 29.0. The van der Waals surface area contributed by atoms with Crippen LogP contribution in [-0.2, 0) is 0 Å². The summed E-state index contributed by atoms with van der Waals surface area (Å²) in [6.45, 7) is 0.845. The van der Waals surface area contributed by atoms with E-state index in [1.54, 1.807) is 6.07 Å². The van der Waals surface area contributed by atoms with E-state index in [0.29, 0.717) is 24.2 Å². The molecule has 2 N–H and O–H groups in total. The molecular formula is C22H20F2N2O2. The van der Waals surface area contributed by atoms with E-state index in [1.807, 2.05) is 35.2 Å². The molecule has 0 bridgehead atoms. The predicted octanol–water partition coefficient (Wildman–Crippen LogP) is 3.09. The highest BCUT2D eigenvalue weighted by Gasteiger charge is 2.71. The van der Waals surface area contributed by atoms with E-state index in [2.05, 4.69) is 4.98 Å². The van der Waals surface area contributed by atoms with Crippen LogP contribution >= 0.6 is 0 Å². The second-order valence-corrected chi connectivity index (χ2v) is 7.80. The molecule has 2 heterocycles. The Hall–Kier alpha value is -2.57. The Morgan fingerprint density at radius 1 is 1.14 bits per heavy atom. The van der Waals surface area contributed by atoms with Crippen LogP contribution in [0.3, 0.4) is 0 Å². The second kappa shape index (κ2) is 6.22. The molecule has 0 unspecified atom stereocenters. The Bertz CT molecular complexity index is 1050. The lowest BCUT2D eigenvalue weighted by Crippen LogP contribution is -2.23. The predicted molar refractivity (Wildman–Crippen MR) is 102 cm³/mol. The quantitative estimate of drug-likeness (QED) is 0.731. The van der Waals surface area contributed by atoms with Gasteiger partial charge in [-0.05, 0) is 29.5 Å². The average molecular weight is 382 g/mol. The molecule has 2 aromatic carbocycles. The van der Waals surface area contributed by atoms with E-state index in [1.165, 1.54) is 12.3 Å². The Kier molecular flexibility index (Phi) is 3.89. The van der Waals surface area contributed by atoms with Gasteiger partial charge in [0.2, 0.25) is 0 Å². The number of β-amino-alcohol motifs (C(OH)–C–C–N with tert-alkyl or cyclic N) is 1. The molecule has 1 aromatic heterocycles. The van der Waals surface area contributed by atoms with Gasteiger partial charge < -0.3 is 15.1 Å². The lowest BCUT2D eigenvalue weighted by atomic mass is 9.95. The maximum absolute atomic E-state index is 14.2. The number of aromatic nitrogens is 1. The molecule has 1 aliphatic carbocycles. The van der Waals surface area contributed by atoms with Gasteiger partial charge in [-0.25, -0.2) is 8.78 Å². The van der Waals surface area contributed by atoms with Crippen molar-refractivity contribution >= 4 is 16.6 Å². The summed E-state index contributed by atoms with van der Waals surface area (Å²) < 4.78 is 28.0. The van der Waals surface area contributed by atoms with Crippen molar-refractivity contribution in [3.8, 4) is 0 Å². The third-order valence-corrected chi connectivity index (χ3v) is 6.48. The van der Waals surface area contributed by atoms with E-state index in [-0.39, 0.29) is 24.0 Å². The number of rotatable bonds is 3. The van der Waals surface area contributed by atoms with Gasteiger partial charge in [-0.1, -0.05) is 30.3 Å². The number of aliphatic hydroxyl groups is 2. The zero-order chi connectivity index (χ0) is 19.5. The highest BCUT2D eigenvalue weighted by atomic mass is 19.1. The molecule has 2 fully saturated rings. The Morgan fingerprint density at radius 3 is 2.68 bits per heavy atom. The maximum atomic E-state index is 14.2. The molecule has 2 aliphatic rings. The van der Waals surface area contributed by atoms with Crippen LogP contribution in [0.4, 0.5) is 14.5 Å².